The molecule has 0 spiro atoms. The highest BCUT2D eigenvalue weighted by atomic mass is 32.1. The topological polar surface area (TPSA) is 137 Å². The van der Waals surface area contributed by atoms with Crippen molar-refractivity contribution in [2.45, 2.75) is 104 Å². The number of carbonyl (C=O) groups is 4. The molecule has 0 aromatic rings. The Morgan fingerprint density at radius 3 is 2.21 bits per heavy atom. The Balaban J connectivity index is 2.86. The zero-order chi connectivity index (χ0) is 26.2. The molecular weight excluding hydrogens is 460 g/mol. The summed E-state index contributed by atoms with van der Waals surface area (Å²) >= 11 is 4.12. The van der Waals surface area contributed by atoms with Crippen LogP contribution in [0.2, 0.25) is 0 Å². The molecule has 11 heteroatoms. The molecule has 1 heterocycles. The van der Waals surface area contributed by atoms with Crippen LogP contribution in [0.15, 0.2) is 0 Å². The normalized spacial score (nSPS) is 19.7. The zero-order valence-electron chi connectivity index (χ0n) is 21.4. The standard InChI is InChI=1S/C23H42N4O6S/c1-13(2)11-16(26-22(32)33-23(5,6)7)21(31)27-10-8-9-18(27)20(30)24-14(3)19(29)25-17(12-34)15(4)28/h13-18,28,34H,8-12H2,1-7H3,(H,24,30)(H,25,29)(H,26,32)/t14-,15+,16-,17+,18-/m0/s1. The van der Waals surface area contributed by atoms with Crippen molar-refractivity contribution in [1.29, 1.82) is 0 Å². The molecular formula is C23H42N4O6S. The van der Waals surface area contributed by atoms with Gasteiger partial charge < -0.3 is 30.7 Å². The van der Waals surface area contributed by atoms with Gasteiger partial charge in [-0.2, -0.15) is 12.6 Å². The molecule has 0 saturated carbocycles. The molecule has 0 bridgehead atoms. The van der Waals surface area contributed by atoms with Gasteiger partial charge in [0.15, 0.2) is 0 Å². The monoisotopic (exact) mass is 502 g/mol. The van der Waals surface area contributed by atoms with E-state index in [-0.39, 0.29) is 17.6 Å². The molecule has 196 valence electrons. The minimum Gasteiger partial charge on any atom is -0.444 e. The first-order chi connectivity index (χ1) is 15.7. The van der Waals surface area contributed by atoms with Gasteiger partial charge in [0, 0.05) is 12.3 Å². The van der Waals surface area contributed by atoms with Crippen LogP contribution in [-0.4, -0.2) is 82.0 Å². The highest BCUT2D eigenvalue weighted by Gasteiger charge is 2.39. The van der Waals surface area contributed by atoms with Crippen LogP contribution in [0.5, 0.6) is 0 Å². The minimum atomic E-state index is -0.863. The summed E-state index contributed by atoms with van der Waals surface area (Å²) in [5.74, 6) is -0.867. The van der Waals surface area contributed by atoms with E-state index in [4.69, 9.17) is 4.74 Å². The second-order valence-corrected chi connectivity index (χ2v) is 10.7. The average molecular weight is 503 g/mol. The van der Waals surface area contributed by atoms with Crippen LogP contribution in [0.25, 0.3) is 0 Å². The van der Waals surface area contributed by atoms with Gasteiger partial charge >= 0.3 is 6.09 Å². The lowest BCUT2D eigenvalue weighted by Crippen LogP contribution is -2.57. The molecule has 4 amide bonds. The smallest absolute Gasteiger partial charge is 0.408 e. The Morgan fingerprint density at radius 1 is 1.09 bits per heavy atom. The third-order valence-electron chi connectivity index (χ3n) is 5.39. The summed E-state index contributed by atoms with van der Waals surface area (Å²) in [4.78, 5) is 52.5. The van der Waals surface area contributed by atoms with Crippen LogP contribution in [-0.2, 0) is 19.1 Å². The number of amides is 4. The van der Waals surface area contributed by atoms with Gasteiger partial charge in [0.2, 0.25) is 17.7 Å². The largest absolute Gasteiger partial charge is 0.444 e. The Labute approximate surface area is 208 Å². The van der Waals surface area contributed by atoms with E-state index in [0.717, 1.165) is 0 Å². The second-order valence-electron chi connectivity index (χ2n) is 10.3. The van der Waals surface area contributed by atoms with E-state index >= 15 is 0 Å². The molecule has 4 N–H and O–H groups in total. The number of nitrogens with zero attached hydrogens (tertiary/aromatic N) is 1. The molecule has 10 nitrogen and oxygen atoms in total. The van der Waals surface area contributed by atoms with E-state index in [1.54, 1.807) is 27.7 Å². The maximum Gasteiger partial charge on any atom is 0.408 e. The summed E-state index contributed by atoms with van der Waals surface area (Å²) in [6, 6.07) is -2.98. The summed E-state index contributed by atoms with van der Waals surface area (Å²) in [6.07, 6.45) is 0.0115. The van der Waals surface area contributed by atoms with Crippen molar-refractivity contribution in [3.05, 3.63) is 0 Å². The van der Waals surface area contributed by atoms with Gasteiger partial charge in [0.25, 0.3) is 0 Å². The molecule has 0 aromatic carbocycles. The minimum absolute atomic E-state index is 0.121. The van der Waals surface area contributed by atoms with Crippen molar-refractivity contribution >= 4 is 36.4 Å². The molecule has 0 radical (unpaired) electrons. The maximum atomic E-state index is 13.3. The van der Waals surface area contributed by atoms with Crippen molar-refractivity contribution < 1.29 is 29.0 Å². The molecule has 0 aromatic heterocycles. The number of aliphatic hydroxyl groups is 1. The highest BCUT2D eigenvalue weighted by molar-refractivity contribution is 7.80. The molecule has 1 rings (SSSR count). The Kier molecular flexibility index (Phi) is 11.6. The third kappa shape index (κ3) is 9.69. The number of nitrogens with one attached hydrogen (secondary N) is 3. The lowest BCUT2D eigenvalue weighted by molar-refractivity contribution is -0.141. The lowest BCUT2D eigenvalue weighted by atomic mass is 10.0. The van der Waals surface area contributed by atoms with Gasteiger partial charge in [0.1, 0.15) is 23.7 Å². The number of thiol groups is 1. The number of alkyl carbamates (subject to hydrolysis) is 1. The van der Waals surface area contributed by atoms with E-state index in [1.807, 2.05) is 13.8 Å². The quantitative estimate of drug-likeness (QED) is 0.285. The molecule has 0 aliphatic carbocycles. The Bertz CT molecular complexity index is 725. The number of likely N-dealkylation sites (tertiary alicyclic amines) is 1. The van der Waals surface area contributed by atoms with Gasteiger partial charge in [-0.05, 0) is 59.8 Å². The number of aliphatic hydroxyl groups excluding tert-OH is 1. The van der Waals surface area contributed by atoms with E-state index in [0.29, 0.717) is 25.8 Å². The molecule has 1 aliphatic heterocycles. The second kappa shape index (κ2) is 13.2. The molecule has 1 saturated heterocycles. The molecule has 1 aliphatic rings. The average Bonchev–Trinajstić information content (AvgIpc) is 3.18. The summed E-state index contributed by atoms with van der Waals surface area (Å²) in [5.41, 5.74) is -0.706. The predicted molar refractivity (Wildman–Crippen MR) is 132 cm³/mol. The van der Waals surface area contributed by atoms with Gasteiger partial charge in [-0.3, -0.25) is 14.4 Å². The van der Waals surface area contributed by atoms with E-state index < -0.39 is 53.8 Å². The van der Waals surface area contributed by atoms with E-state index in [9.17, 15) is 24.3 Å². The van der Waals surface area contributed by atoms with Gasteiger partial charge in [0.05, 0.1) is 12.1 Å². The first-order valence-corrected chi connectivity index (χ1v) is 12.5. The predicted octanol–water partition coefficient (Wildman–Crippen LogP) is 1.22. The Hall–Kier alpha value is -2.01. The van der Waals surface area contributed by atoms with Crippen molar-refractivity contribution in [2.24, 2.45) is 5.92 Å². The SMILES string of the molecule is CC(C)C[C@H](NC(=O)OC(C)(C)C)C(=O)N1CCC[C@H]1C(=O)N[C@@H](C)C(=O)N[C@H](CS)[C@@H](C)O. The third-order valence-corrected chi connectivity index (χ3v) is 5.79. The van der Waals surface area contributed by atoms with Crippen molar-refractivity contribution in [1.82, 2.24) is 20.9 Å². The Morgan fingerprint density at radius 2 is 1.71 bits per heavy atom. The fraction of sp³-hybridized carbons (Fsp3) is 0.826. The fourth-order valence-electron chi connectivity index (χ4n) is 3.65. The maximum absolute atomic E-state index is 13.3. The van der Waals surface area contributed by atoms with E-state index in [1.165, 1.54) is 11.8 Å². The van der Waals surface area contributed by atoms with Crippen LogP contribution >= 0.6 is 12.6 Å². The number of carbonyl (C=O) groups excluding carboxylic acids is 4. The van der Waals surface area contributed by atoms with Crippen LogP contribution in [0, 0.1) is 5.92 Å². The highest BCUT2D eigenvalue weighted by Crippen LogP contribution is 2.21. The zero-order valence-corrected chi connectivity index (χ0v) is 22.3. The lowest BCUT2D eigenvalue weighted by Gasteiger charge is -2.31. The molecule has 34 heavy (non-hydrogen) atoms. The molecule has 5 atom stereocenters. The van der Waals surface area contributed by atoms with Crippen molar-refractivity contribution in [3.8, 4) is 0 Å². The van der Waals surface area contributed by atoms with E-state index in [2.05, 4.69) is 28.6 Å². The van der Waals surface area contributed by atoms with Crippen LogP contribution in [0.4, 0.5) is 4.79 Å². The van der Waals surface area contributed by atoms with Crippen LogP contribution < -0.4 is 16.0 Å². The van der Waals surface area contributed by atoms with Gasteiger partial charge in [-0.1, -0.05) is 13.8 Å². The number of ether oxygens (including phenoxy) is 1. The van der Waals surface area contributed by atoms with Gasteiger partial charge in [-0.15, -0.1) is 0 Å². The van der Waals surface area contributed by atoms with Crippen LogP contribution in [0.3, 0.4) is 0 Å². The first kappa shape index (κ1) is 30.0. The fourth-order valence-corrected chi connectivity index (χ4v) is 4.04. The molecule has 1 fully saturated rings. The number of rotatable bonds is 10. The summed E-state index contributed by atoms with van der Waals surface area (Å²) < 4.78 is 5.31. The number of hydrogen-bond donors (Lipinski definition) is 5. The summed E-state index contributed by atoms with van der Waals surface area (Å²) in [5, 5.41) is 17.7. The van der Waals surface area contributed by atoms with Crippen molar-refractivity contribution in [3.63, 3.8) is 0 Å². The summed E-state index contributed by atoms with van der Waals surface area (Å²) in [6.45, 7) is 12.6. The van der Waals surface area contributed by atoms with Crippen molar-refractivity contribution in [2.75, 3.05) is 12.3 Å². The van der Waals surface area contributed by atoms with Gasteiger partial charge in [-0.25, -0.2) is 4.79 Å². The summed E-state index contributed by atoms with van der Waals surface area (Å²) in [7, 11) is 0. The van der Waals surface area contributed by atoms with Crippen LogP contribution in [0.1, 0.15) is 67.7 Å². The number of hydrogen-bond acceptors (Lipinski definition) is 7. The molecule has 0 unspecified atom stereocenters. The first-order valence-electron chi connectivity index (χ1n) is 11.9.